The van der Waals surface area contributed by atoms with E-state index in [1.807, 2.05) is 0 Å². The van der Waals surface area contributed by atoms with Gasteiger partial charge < -0.3 is 19.9 Å². The molecular weight excluding hydrogens is 238 g/mol. The minimum atomic E-state index is -0.942. The van der Waals surface area contributed by atoms with E-state index in [0.717, 1.165) is 6.42 Å². The number of rotatable bonds is 4. The fourth-order valence-electron chi connectivity index (χ4n) is 1.85. The molecule has 0 bridgehead atoms. The predicted octanol–water partition coefficient (Wildman–Crippen LogP) is 1.39. The van der Waals surface area contributed by atoms with Crippen molar-refractivity contribution in [1.82, 2.24) is 5.32 Å². The first-order valence-electron chi connectivity index (χ1n) is 6.07. The second-order valence-electron chi connectivity index (χ2n) is 5.47. The highest BCUT2D eigenvalue weighted by atomic mass is 16.6. The Kier molecular flexibility index (Phi) is 4.95. The Hall–Kier alpha value is -1.30. The van der Waals surface area contributed by atoms with Gasteiger partial charge in [0, 0.05) is 18.6 Å². The third-order valence-corrected chi connectivity index (χ3v) is 2.63. The standard InChI is InChI=1S/C12H21NO5/c1-12(2,3)18-11(16)13-9(6-10(14)15)8-4-5-17-7-8/h8-9H,4-7H2,1-3H3,(H,13,16)(H,14,15)/t8-,9-/m1/s1. The van der Waals surface area contributed by atoms with E-state index in [1.165, 1.54) is 0 Å². The Morgan fingerprint density at radius 1 is 1.50 bits per heavy atom. The fraction of sp³-hybridized carbons (Fsp3) is 0.833. The highest BCUT2D eigenvalue weighted by molar-refractivity contribution is 5.71. The number of aliphatic carboxylic acids is 1. The summed E-state index contributed by atoms with van der Waals surface area (Å²) >= 11 is 0. The molecule has 0 saturated carbocycles. The first kappa shape index (κ1) is 14.8. The van der Waals surface area contributed by atoms with Gasteiger partial charge in [-0.15, -0.1) is 0 Å². The van der Waals surface area contributed by atoms with Crippen molar-refractivity contribution in [1.29, 1.82) is 0 Å². The normalized spacial score (nSPS) is 21.4. The molecule has 0 radical (unpaired) electrons. The van der Waals surface area contributed by atoms with Crippen molar-refractivity contribution in [2.24, 2.45) is 5.92 Å². The van der Waals surface area contributed by atoms with E-state index in [4.69, 9.17) is 14.6 Å². The molecule has 6 heteroatoms. The van der Waals surface area contributed by atoms with Crippen LogP contribution in [0.25, 0.3) is 0 Å². The first-order valence-corrected chi connectivity index (χ1v) is 6.07. The van der Waals surface area contributed by atoms with E-state index in [9.17, 15) is 9.59 Å². The molecule has 0 unspecified atom stereocenters. The summed E-state index contributed by atoms with van der Waals surface area (Å²) in [6.45, 7) is 6.37. The zero-order valence-corrected chi connectivity index (χ0v) is 11.1. The van der Waals surface area contributed by atoms with Crippen molar-refractivity contribution in [3.05, 3.63) is 0 Å². The van der Waals surface area contributed by atoms with Crippen molar-refractivity contribution >= 4 is 12.1 Å². The van der Waals surface area contributed by atoms with Gasteiger partial charge in [-0.3, -0.25) is 4.79 Å². The number of alkyl carbamates (subject to hydrolysis) is 1. The summed E-state index contributed by atoms with van der Waals surface area (Å²) in [7, 11) is 0. The van der Waals surface area contributed by atoms with Crippen LogP contribution in [-0.4, -0.2) is 42.0 Å². The summed E-state index contributed by atoms with van der Waals surface area (Å²) in [5.74, 6) is -0.906. The van der Waals surface area contributed by atoms with Crippen molar-refractivity contribution in [2.75, 3.05) is 13.2 Å². The average molecular weight is 259 g/mol. The largest absolute Gasteiger partial charge is 0.481 e. The van der Waals surface area contributed by atoms with Gasteiger partial charge >= 0.3 is 12.1 Å². The van der Waals surface area contributed by atoms with Crippen molar-refractivity contribution < 1.29 is 24.2 Å². The minimum Gasteiger partial charge on any atom is -0.481 e. The summed E-state index contributed by atoms with van der Waals surface area (Å²) in [6.07, 6.45) is 0.0572. The van der Waals surface area contributed by atoms with Gasteiger partial charge in [-0.1, -0.05) is 0 Å². The van der Waals surface area contributed by atoms with Crippen molar-refractivity contribution in [3.8, 4) is 0 Å². The Morgan fingerprint density at radius 3 is 2.61 bits per heavy atom. The second kappa shape index (κ2) is 6.04. The maximum Gasteiger partial charge on any atom is 0.407 e. The van der Waals surface area contributed by atoms with Crippen LogP contribution in [0.15, 0.2) is 0 Å². The number of amides is 1. The zero-order valence-electron chi connectivity index (χ0n) is 11.1. The highest BCUT2D eigenvalue weighted by Gasteiger charge is 2.30. The smallest absolute Gasteiger partial charge is 0.407 e. The van der Waals surface area contributed by atoms with E-state index in [2.05, 4.69) is 5.32 Å². The van der Waals surface area contributed by atoms with E-state index in [0.29, 0.717) is 13.2 Å². The lowest BCUT2D eigenvalue weighted by molar-refractivity contribution is -0.137. The first-order chi connectivity index (χ1) is 8.28. The number of nitrogens with one attached hydrogen (secondary N) is 1. The summed E-state index contributed by atoms with van der Waals surface area (Å²) in [5.41, 5.74) is -0.593. The maximum atomic E-state index is 11.6. The Morgan fingerprint density at radius 2 is 2.17 bits per heavy atom. The van der Waals surface area contributed by atoms with Crippen LogP contribution >= 0.6 is 0 Å². The number of hydrogen-bond donors (Lipinski definition) is 2. The Labute approximate surface area is 107 Å². The monoisotopic (exact) mass is 259 g/mol. The summed E-state index contributed by atoms with van der Waals surface area (Å²) in [5, 5.41) is 11.5. The van der Waals surface area contributed by atoms with Crippen LogP contribution in [0.5, 0.6) is 0 Å². The van der Waals surface area contributed by atoms with E-state index in [1.54, 1.807) is 20.8 Å². The summed E-state index contributed by atoms with van der Waals surface area (Å²) in [6, 6.07) is -0.445. The van der Waals surface area contributed by atoms with Gasteiger partial charge in [0.2, 0.25) is 0 Å². The van der Waals surface area contributed by atoms with Gasteiger partial charge in [0.05, 0.1) is 13.0 Å². The molecule has 0 aromatic heterocycles. The molecule has 104 valence electrons. The quantitative estimate of drug-likeness (QED) is 0.797. The number of carbonyl (C=O) groups is 2. The van der Waals surface area contributed by atoms with Gasteiger partial charge in [0.25, 0.3) is 0 Å². The molecule has 1 saturated heterocycles. The molecular formula is C12H21NO5. The minimum absolute atomic E-state index is 0.0358. The molecule has 0 aromatic carbocycles. The molecule has 0 aliphatic carbocycles. The molecule has 1 rings (SSSR count). The topological polar surface area (TPSA) is 84.9 Å². The third-order valence-electron chi connectivity index (χ3n) is 2.63. The average Bonchev–Trinajstić information content (AvgIpc) is 2.64. The van der Waals surface area contributed by atoms with Crippen molar-refractivity contribution in [2.45, 2.75) is 45.3 Å². The Bertz CT molecular complexity index is 304. The van der Waals surface area contributed by atoms with Gasteiger partial charge in [0.15, 0.2) is 0 Å². The van der Waals surface area contributed by atoms with Gasteiger partial charge in [-0.25, -0.2) is 4.79 Å². The molecule has 1 aliphatic heterocycles. The van der Waals surface area contributed by atoms with Crippen LogP contribution < -0.4 is 5.32 Å². The maximum absolute atomic E-state index is 11.6. The van der Waals surface area contributed by atoms with Crippen LogP contribution in [0.2, 0.25) is 0 Å². The van der Waals surface area contributed by atoms with Crippen LogP contribution in [0.4, 0.5) is 4.79 Å². The van der Waals surface area contributed by atoms with Gasteiger partial charge in [-0.2, -0.15) is 0 Å². The van der Waals surface area contributed by atoms with Crippen LogP contribution in [0.3, 0.4) is 0 Å². The highest BCUT2D eigenvalue weighted by Crippen LogP contribution is 2.19. The van der Waals surface area contributed by atoms with E-state index >= 15 is 0 Å². The molecule has 0 aromatic rings. The fourth-order valence-corrected chi connectivity index (χ4v) is 1.85. The molecule has 1 aliphatic rings. The number of hydrogen-bond acceptors (Lipinski definition) is 4. The molecule has 2 atom stereocenters. The SMILES string of the molecule is CC(C)(C)OC(=O)N[C@H](CC(=O)O)[C@@H]1CCOC1. The lowest BCUT2D eigenvalue weighted by atomic mass is 9.96. The predicted molar refractivity (Wildman–Crippen MR) is 64.3 cm³/mol. The lowest BCUT2D eigenvalue weighted by Crippen LogP contribution is -2.44. The molecule has 1 amide bonds. The van der Waals surface area contributed by atoms with E-state index in [-0.39, 0.29) is 12.3 Å². The third kappa shape index (κ3) is 5.35. The number of ether oxygens (including phenoxy) is 2. The lowest BCUT2D eigenvalue weighted by Gasteiger charge is -2.25. The number of carbonyl (C=O) groups excluding carboxylic acids is 1. The molecule has 0 spiro atoms. The second-order valence-corrected chi connectivity index (χ2v) is 5.47. The van der Waals surface area contributed by atoms with Gasteiger partial charge in [-0.05, 0) is 27.2 Å². The van der Waals surface area contributed by atoms with Crippen LogP contribution in [0.1, 0.15) is 33.6 Å². The molecule has 6 nitrogen and oxygen atoms in total. The number of carboxylic acid groups (broad SMARTS) is 1. The van der Waals surface area contributed by atoms with Crippen LogP contribution in [0, 0.1) is 5.92 Å². The zero-order chi connectivity index (χ0) is 13.8. The number of carboxylic acids is 1. The van der Waals surface area contributed by atoms with Gasteiger partial charge in [0.1, 0.15) is 5.60 Å². The summed E-state index contributed by atoms with van der Waals surface area (Å²) < 4.78 is 10.3. The molecule has 2 N–H and O–H groups in total. The van der Waals surface area contributed by atoms with Crippen molar-refractivity contribution in [3.63, 3.8) is 0 Å². The summed E-state index contributed by atoms with van der Waals surface area (Å²) in [4.78, 5) is 22.4. The Balaban J connectivity index is 2.54. The molecule has 1 heterocycles. The van der Waals surface area contributed by atoms with Crippen LogP contribution in [-0.2, 0) is 14.3 Å². The molecule has 1 fully saturated rings. The van der Waals surface area contributed by atoms with E-state index < -0.39 is 23.7 Å². The molecule has 18 heavy (non-hydrogen) atoms.